The highest BCUT2D eigenvalue weighted by atomic mass is 19.1. The molecule has 0 aromatic carbocycles. The van der Waals surface area contributed by atoms with E-state index in [4.69, 9.17) is 5.84 Å². The van der Waals surface area contributed by atoms with Crippen LogP contribution in [0.25, 0.3) is 0 Å². The number of aryl methyl sites for hydroxylation is 1. The second-order valence-corrected chi connectivity index (χ2v) is 2.92. The lowest BCUT2D eigenvalue weighted by Gasteiger charge is -2.17. The molecular weight excluding hydrogens is 185 g/mol. The first kappa shape index (κ1) is 10.6. The Balaban J connectivity index is 3.21. The number of hydrogen-bond acceptors (Lipinski definition) is 5. The average molecular weight is 199 g/mol. The number of aromatic nitrogens is 2. The standard InChI is InChI=1S/C8H14FN5/c1-4-14(3)8-6(9)7(13-10)11-5(2)12-8/h4,10H2,1-3H3,(H,11,12,13). The van der Waals surface area contributed by atoms with Gasteiger partial charge in [-0.3, -0.25) is 0 Å². The Bertz CT molecular complexity index is 328. The quantitative estimate of drug-likeness (QED) is 0.553. The van der Waals surface area contributed by atoms with E-state index in [0.717, 1.165) is 0 Å². The summed E-state index contributed by atoms with van der Waals surface area (Å²) in [5, 5.41) is 0. The Kier molecular flexibility index (Phi) is 3.19. The lowest BCUT2D eigenvalue weighted by Crippen LogP contribution is -2.22. The molecule has 0 unspecified atom stereocenters. The van der Waals surface area contributed by atoms with Gasteiger partial charge in [0, 0.05) is 13.6 Å². The number of halogens is 1. The second-order valence-electron chi connectivity index (χ2n) is 2.92. The van der Waals surface area contributed by atoms with Crippen LogP contribution in [0.2, 0.25) is 0 Å². The molecule has 0 saturated carbocycles. The molecule has 78 valence electrons. The van der Waals surface area contributed by atoms with Crippen molar-refractivity contribution in [2.24, 2.45) is 5.84 Å². The Hall–Kier alpha value is -1.43. The van der Waals surface area contributed by atoms with Crippen molar-refractivity contribution in [2.45, 2.75) is 13.8 Å². The molecule has 0 aliphatic carbocycles. The van der Waals surface area contributed by atoms with E-state index in [9.17, 15) is 4.39 Å². The minimum Gasteiger partial charge on any atom is -0.357 e. The fraction of sp³-hybridized carbons (Fsp3) is 0.500. The maximum Gasteiger partial charge on any atom is 0.209 e. The van der Waals surface area contributed by atoms with Crippen molar-refractivity contribution >= 4 is 11.6 Å². The summed E-state index contributed by atoms with van der Waals surface area (Å²) in [5.41, 5.74) is 2.20. The lowest BCUT2D eigenvalue weighted by atomic mass is 10.4. The Morgan fingerprint density at radius 3 is 2.64 bits per heavy atom. The molecule has 1 aromatic heterocycles. The van der Waals surface area contributed by atoms with Gasteiger partial charge in [-0.2, -0.15) is 4.39 Å². The molecule has 0 amide bonds. The molecule has 5 nitrogen and oxygen atoms in total. The minimum atomic E-state index is -0.526. The molecule has 1 heterocycles. The van der Waals surface area contributed by atoms with Crippen LogP contribution in [-0.4, -0.2) is 23.6 Å². The van der Waals surface area contributed by atoms with Crippen LogP contribution in [0.4, 0.5) is 16.0 Å². The molecule has 6 heteroatoms. The van der Waals surface area contributed by atoms with Crippen molar-refractivity contribution in [3.63, 3.8) is 0 Å². The van der Waals surface area contributed by atoms with Gasteiger partial charge in [0.05, 0.1) is 0 Å². The monoisotopic (exact) mass is 199 g/mol. The largest absolute Gasteiger partial charge is 0.357 e. The van der Waals surface area contributed by atoms with Gasteiger partial charge in [-0.15, -0.1) is 0 Å². The summed E-state index contributed by atoms with van der Waals surface area (Å²) in [6.07, 6.45) is 0. The molecule has 0 atom stereocenters. The van der Waals surface area contributed by atoms with Gasteiger partial charge in [0.15, 0.2) is 11.6 Å². The van der Waals surface area contributed by atoms with E-state index in [1.807, 2.05) is 6.92 Å². The second kappa shape index (κ2) is 4.19. The molecule has 3 N–H and O–H groups in total. The van der Waals surface area contributed by atoms with Gasteiger partial charge in [-0.25, -0.2) is 15.8 Å². The third kappa shape index (κ3) is 1.90. The third-order valence-corrected chi connectivity index (χ3v) is 1.92. The van der Waals surface area contributed by atoms with Crippen LogP contribution < -0.4 is 16.2 Å². The summed E-state index contributed by atoms with van der Waals surface area (Å²) >= 11 is 0. The van der Waals surface area contributed by atoms with Crippen molar-refractivity contribution in [3.8, 4) is 0 Å². The maximum absolute atomic E-state index is 13.6. The number of nitrogens with zero attached hydrogens (tertiary/aromatic N) is 3. The molecule has 0 radical (unpaired) electrons. The molecule has 0 spiro atoms. The van der Waals surface area contributed by atoms with Crippen molar-refractivity contribution < 1.29 is 4.39 Å². The van der Waals surface area contributed by atoms with E-state index in [0.29, 0.717) is 12.4 Å². The van der Waals surface area contributed by atoms with Gasteiger partial charge >= 0.3 is 0 Å². The Morgan fingerprint density at radius 2 is 2.14 bits per heavy atom. The van der Waals surface area contributed by atoms with Gasteiger partial charge in [0.2, 0.25) is 5.82 Å². The predicted octanol–water partition coefficient (Wildman–Crippen LogP) is 0.666. The Morgan fingerprint density at radius 1 is 1.50 bits per heavy atom. The zero-order valence-electron chi connectivity index (χ0n) is 8.50. The summed E-state index contributed by atoms with van der Waals surface area (Å²) in [5.74, 6) is 5.37. The lowest BCUT2D eigenvalue weighted by molar-refractivity contribution is 0.610. The van der Waals surface area contributed by atoms with Gasteiger partial charge in [0.25, 0.3) is 0 Å². The fourth-order valence-electron chi connectivity index (χ4n) is 1.04. The van der Waals surface area contributed by atoms with Gasteiger partial charge in [0.1, 0.15) is 5.82 Å². The van der Waals surface area contributed by atoms with E-state index < -0.39 is 5.82 Å². The van der Waals surface area contributed by atoms with Crippen LogP contribution in [0.15, 0.2) is 0 Å². The van der Waals surface area contributed by atoms with Crippen LogP contribution in [0, 0.1) is 12.7 Å². The number of nitrogen functional groups attached to an aromatic ring is 1. The van der Waals surface area contributed by atoms with Crippen molar-refractivity contribution in [3.05, 3.63) is 11.6 Å². The van der Waals surface area contributed by atoms with E-state index >= 15 is 0 Å². The Labute approximate surface area is 82.1 Å². The summed E-state index contributed by atoms with van der Waals surface area (Å²) in [7, 11) is 1.76. The molecule has 0 aliphatic rings. The fourth-order valence-corrected chi connectivity index (χ4v) is 1.04. The molecule has 14 heavy (non-hydrogen) atoms. The van der Waals surface area contributed by atoms with Crippen LogP contribution >= 0.6 is 0 Å². The molecule has 1 rings (SSSR count). The zero-order valence-corrected chi connectivity index (χ0v) is 8.50. The number of nitrogens with two attached hydrogens (primary N) is 1. The van der Waals surface area contributed by atoms with Crippen LogP contribution in [-0.2, 0) is 0 Å². The average Bonchev–Trinajstić information content (AvgIpc) is 2.19. The summed E-state index contributed by atoms with van der Waals surface area (Å²) in [4.78, 5) is 9.50. The highest BCUT2D eigenvalue weighted by Gasteiger charge is 2.14. The summed E-state index contributed by atoms with van der Waals surface area (Å²) in [6, 6.07) is 0. The van der Waals surface area contributed by atoms with Gasteiger partial charge in [-0.05, 0) is 13.8 Å². The first-order valence-corrected chi connectivity index (χ1v) is 4.32. The van der Waals surface area contributed by atoms with Crippen LogP contribution in [0.3, 0.4) is 0 Å². The van der Waals surface area contributed by atoms with Gasteiger partial charge < -0.3 is 10.3 Å². The van der Waals surface area contributed by atoms with Crippen molar-refractivity contribution in [1.82, 2.24) is 9.97 Å². The SMILES string of the molecule is CCN(C)c1nc(C)nc(NN)c1F. The minimum absolute atomic E-state index is 0.0211. The number of hydrogen-bond donors (Lipinski definition) is 2. The van der Waals surface area contributed by atoms with Crippen molar-refractivity contribution in [1.29, 1.82) is 0 Å². The topological polar surface area (TPSA) is 67.1 Å². The number of anilines is 2. The first-order valence-electron chi connectivity index (χ1n) is 4.32. The summed E-state index contributed by atoms with van der Waals surface area (Å²) < 4.78 is 13.6. The van der Waals surface area contributed by atoms with Gasteiger partial charge in [-0.1, -0.05) is 0 Å². The maximum atomic E-state index is 13.6. The van der Waals surface area contributed by atoms with E-state index in [1.54, 1.807) is 18.9 Å². The van der Waals surface area contributed by atoms with Crippen molar-refractivity contribution in [2.75, 3.05) is 23.9 Å². The molecule has 0 aliphatic heterocycles. The summed E-state index contributed by atoms with van der Waals surface area (Å²) in [6.45, 7) is 4.26. The molecule has 0 saturated heterocycles. The number of rotatable bonds is 3. The molecule has 0 fully saturated rings. The molecular formula is C8H14FN5. The molecule has 1 aromatic rings. The zero-order chi connectivity index (χ0) is 10.7. The number of hydrazine groups is 1. The number of nitrogens with one attached hydrogen (secondary N) is 1. The normalized spacial score (nSPS) is 10.1. The highest BCUT2D eigenvalue weighted by molar-refractivity contribution is 5.50. The predicted molar refractivity (Wildman–Crippen MR) is 53.5 cm³/mol. The van der Waals surface area contributed by atoms with E-state index in [1.165, 1.54) is 0 Å². The van der Waals surface area contributed by atoms with E-state index in [2.05, 4.69) is 15.4 Å². The van der Waals surface area contributed by atoms with Crippen LogP contribution in [0.5, 0.6) is 0 Å². The first-order chi connectivity index (χ1) is 6.60. The third-order valence-electron chi connectivity index (χ3n) is 1.92. The smallest absolute Gasteiger partial charge is 0.209 e. The van der Waals surface area contributed by atoms with Crippen LogP contribution in [0.1, 0.15) is 12.7 Å². The molecule has 0 bridgehead atoms. The highest BCUT2D eigenvalue weighted by Crippen LogP contribution is 2.20. The van der Waals surface area contributed by atoms with E-state index in [-0.39, 0.29) is 11.6 Å².